The number of hydrogen-bond acceptors (Lipinski definition) is 6. The summed E-state index contributed by atoms with van der Waals surface area (Å²) in [7, 11) is 0. The van der Waals surface area contributed by atoms with Gasteiger partial charge in [-0.25, -0.2) is 9.78 Å². The second kappa shape index (κ2) is 11.2. The van der Waals surface area contributed by atoms with Crippen molar-refractivity contribution in [1.82, 2.24) is 4.98 Å². The molecule has 0 amide bonds. The summed E-state index contributed by atoms with van der Waals surface area (Å²) in [6.07, 6.45) is 0. The molecule has 0 saturated carbocycles. The van der Waals surface area contributed by atoms with Gasteiger partial charge in [-0.3, -0.25) is 5.43 Å². The van der Waals surface area contributed by atoms with Gasteiger partial charge in [-0.2, -0.15) is 5.10 Å². The molecule has 4 aromatic carbocycles. The predicted molar refractivity (Wildman–Crippen MR) is 156 cm³/mol. The third kappa shape index (κ3) is 5.71. The Morgan fingerprint density at radius 2 is 1.47 bits per heavy atom. The lowest BCUT2D eigenvalue weighted by Crippen LogP contribution is -2.08. The number of nitrogens with zero attached hydrogens (tertiary/aromatic N) is 2. The Balaban J connectivity index is 1.35. The maximum atomic E-state index is 12.3. The van der Waals surface area contributed by atoms with Crippen molar-refractivity contribution in [3.05, 3.63) is 125 Å². The molecule has 0 aliphatic carbocycles. The number of ether oxygens (including phenoxy) is 1. The number of rotatable bonds is 7. The highest BCUT2D eigenvalue weighted by Crippen LogP contribution is 2.39. The fourth-order valence-electron chi connectivity index (χ4n) is 3.94. The molecule has 1 N–H and O–H groups in total. The lowest BCUT2D eigenvalue weighted by molar-refractivity contribution is 0.0734. The summed E-state index contributed by atoms with van der Waals surface area (Å²) in [6.45, 7) is 6.16. The average molecular weight is 518 g/mol. The number of carbonyl (C=O) groups is 1. The highest BCUT2D eigenvalue weighted by Gasteiger charge is 2.16. The number of aryl methyl sites for hydroxylation is 2. The van der Waals surface area contributed by atoms with Crippen LogP contribution in [0, 0.1) is 13.8 Å². The van der Waals surface area contributed by atoms with E-state index in [-0.39, 0.29) is 5.97 Å². The molecular weight excluding hydrogens is 490 g/mol. The highest BCUT2D eigenvalue weighted by atomic mass is 32.1. The van der Waals surface area contributed by atoms with E-state index in [1.54, 1.807) is 35.6 Å². The smallest absolute Gasteiger partial charge is 0.343 e. The molecule has 1 aromatic heterocycles. The zero-order valence-electron chi connectivity index (χ0n) is 21.4. The van der Waals surface area contributed by atoms with Crippen LogP contribution in [0.3, 0.4) is 0 Å². The molecule has 0 fully saturated rings. The van der Waals surface area contributed by atoms with Crippen LogP contribution in [-0.4, -0.2) is 16.7 Å². The molecule has 0 aliphatic heterocycles. The molecular formula is C32H27N3O2S. The molecule has 0 bridgehead atoms. The molecule has 1 heterocycles. The number of nitrogens with one attached hydrogen (secondary N) is 1. The third-order valence-electron chi connectivity index (χ3n) is 6.25. The van der Waals surface area contributed by atoms with Crippen molar-refractivity contribution in [3.8, 4) is 27.4 Å². The minimum atomic E-state index is -0.386. The zero-order chi connectivity index (χ0) is 26.5. The number of thiazole rings is 1. The maximum Gasteiger partial charge on any atom is 0.343 e. The van der Waals surface area contributed by atoms with Gasteiger partial charge < -0.3 is 4.74 Å². The van der Waals surface area contributed by atoms with Crippen LogP contribution in [-0.2, 0) is 0 Å². The van der Waals surface area contributed by atoms with Crippen molar-refractivity contribution in [1.29, 1.82) is 0 Å². The Bertz CT molecular complexity index is 1590. The molecule has 5 aromatic rings. The highest BCUT2D eigenvalue weighted by molar-refractivity contribution is 7.19. The largest absolute Gasteiger partial charge is 0.423 e. The Kier molecular flexibility index (Phi) is 7.43. The normalized spacial score (nSPS) is 11.3. The lowest BCUT2D eigenvalue weighted by Gasteiger charge is -2.06. The van der Waals surface area contributed by atoms with Crippen LogP contribution < -0.4 is 10.2 Å². The van der Waals surface area contributed by atoms with Gasteiger partial charge in [-0.15, -0.1) is 0 Å². The van der Waals surface area contributed by atoms with E-state index in [4.69, 9.17) is 9.72 Å². The first-order valence-electron chi connectivity index (χ1n) is 12.3. The molecule has 0 unspecified atom stereocenters. The van der Waals surface area contributed by atoms with E-state index in [2.05, 4.69) is 54.7 Å². The molecule has 0 saturated heterocycles. The van der Waals surface area contributed by atoms with E-state index in [0.29, 0.717) is 16.4 Å². The number of benzene rings is 4. The SMILES string of the molecule is C/C(=N/Nc1nc(-c2ccc(C)c(C)c2)c(-c2ccccc2)s1)c1ccc(OC(=O)c2ccccc2)cc1. The first-order valence-corrected chi connectivity index (χ1v) is 13.1. The van der Waals surface area contributed by atoms with E-state index < -0.39 is 0 Å². The Morgan fingerprint density at radius 3 is 2.16 bits per heavy atom. The monoisotopic (exact) mass is 517 g/mol. The zero-order valence-corrected chi connectivity index (χ0v) is 22.3. The van der Waals surface area contributed by atoms with E-state index in [0.717, 1.165) is 33.0 Å². The fraction of sp³-hybridized carbons (Fsp3) is 0.0938. The second-order valence-electron chi connectivity index (χ2n) is 8.95. The standard InChI is InChI=1S/C32H27N3O2S/c1-21-14-15-27(20-22(21)2)29-30(25-10-6-4-7-11-25)38-32(33-29)35-34-23(3)24-16-18-28(19-17-24)37-31(36)26-12-8-5-9-13-26/h4-20H,1-3H3,(H,33,35)/b34-23-. The van der Waals surface area contributed by atoms with Gasteiger partial charge in [0.15, 0.2) is 0 Å². The van der Waals surface area contributed by atoms with Gasteiger partial charge in [0, 0.05) is 5.56 Å². The molecule has 5 nitrogen and oxygen atoms in total. The van der Waals surface area contributed by atoms with Crippen molar-refractivity contribution in [2.45, 2.75) is 20.8 Å². The summed E-state index contributed by atoms with van der Waals surface area (Å²) in [4.78, 5) is 18.3. The van der Waals surface area contributed by atoms with Crippen molar-refractivity contribution in [2.75, 3.05) is 5.43 Å². The van der Waals surface area contributed by atoms with Gasteiger partial charge >= 0.3 is 5.97 Å². The Morgan fingerprint density at radius 1 is 0.789 bits per heavy atom. The molecule has 0 atom stereocenters. The van der Waals surface area contributed by atoms with Gasteiger partial charge in [0.05, 0.1) is 21.8 Å². The second-order valence-corrected chi connectivity index (χ2v) is 9.95. The number of anilines is 1. The number of hydrazone groups is 1. The molecule has 0 radical (unpaired) electrons. The van der Waals surface area contributed by atoms with E-state index in [1.807, 2.05) is 55.5 Å². The van der Waals surface area contributed by atoms with Crippen molar-refractivity contribution in [3.63, 3.8) is 0 Å². The molecule has 188 valence electrons. The summed E-state index contributed by atoms with van der Waals surface area (Å²) >= 11 is 1.58. The quantitative estimate of drug-likeness (QED) is 0.102. The molecule has 0 aliphatic rings. The molecule has 5 rings (SSSR count). The van der Waals surface area contributed by atoms with Gasteiger partial charge in [0.25, 0.3) is 0 Å². The summed E-state index contributed by atoms with van der Waals surface area (Å²) in [5.41, 5.74) is 11.0. The van der Waals surface area contributed by atoms with Crippen LogP contribution in [0.15, 0.2) is 108 Å². The minimum Gasteiger partial charge on any atom is -0.423 e. The van der Waals surface area contributed by atoms with Gasteiger partial charge in [0.2, 0.25) is 5.13 Å². The van der Waals surface area contributed by atoms with Crippen molar-refractivity contribution < 1.29 is 9.53 Å². The van der Waals surface area contributed by atoms with Crippen molar-refractivity contribution >= 4 is 28.1 Å². The predicted octanol–water partition coefficient (Wildman–Crippen LogP) is 8.15. The molecule has 6 heteroatoms. The Hall–Kier alpha value is -4.55. The summed E-state index contributed by atoms with van der Waals surface area (Å²) in [6, 6.07) is 33.0. The number of carbonyl (C=O) groups excluding carboxylic acids is 1. The van der Waals surface area contributed by atoms with Crippen LogP contribution in [0.25, 0.3) is 21.7 Å². The summed E-state index contributed by atoms with van der Waals surface area (Å²) < 4.78 is 5.48. The number of esters is 1. The first-order chi connectivity index (χ1) is 18.5. The van der Waals surface area contributed by atoms with Crippen molar-refractivity contribution in [2.24, 2.45) is 5.10 Å². The molecule has 38 heavy (non-hydrogen) atoms. The minimum absolute atomic E-state index is 0.386. The van der Waals surface area contributed by atoms with E-state index >= 15 is 0 Å². The molecule has 0 spiro atoms. The maximum absolute atomic E-state index is 12.3. The third-order valence-corrected chi connectivity index (χ3v) is 7.26. The van der Waals surface area contributed by atoms with Gasteiger partial charge in [0.1, 0.15) is 5.75 Å². The average Bonchev–Trinajstić information content (AvgIpc) is 3.39. The van der Waals surface area contributed by atoms with Gasteiger partial charge in [-0.1, -0.05) is 72.0 Å². The van der Waals surface area contributed by atoms with Crippen LogP contribution >= 0.6 is 11.3 Å². The number of aromatic nitrogens is 1. The fourth-order valence-corrected chi connectivity index (χ4v) is 4.87. The summed E-state index contributed by atoms with van der Waals surface area (Å²) in [5, 5.41) is 5.30. The van der Waals surface area contributed by atoms with Crippen LogP contribution in [0.1, 0.15) is 34.0 Å². The first kappa shape index (κ1) is 25.1. The summed E-state index contributed by atoms with van der Waals surface area (Å²) in [5.74, 6) is 0.0943. The Labute approximate surface area is 226 Å². The lowest BCUT2D eigenvalue weighted by atomic mass is 10.0. The van der Waals surface area contributed by atoms with Crippen LogP contribution in [0.4, 0.5) is 5.13 Å². The van der Waals surface area contributed by atoms with Crippen LogP contribution in [0.2, 0.25) is 0 Å². The van der Waals surface area contributed by atoms with E-state index in [9.17, 15) is 4.79 Å². The van der Waals surface area contributed by atoms with Gasteiger partial charge in [-0.05, 0) is 85.5 Å². The number of hydrogen-bond donors (Lipinski definition) is 1. The van der Waals surface area contributed by atoms with E-state index in [1.165, 1.54) is 11.1 Å². The van der Waals surface area contributed by atoms with Crippen LogP contribution in [0.5, 0.6) is 5.75 Å². The topological polar surface area (TPSA) is 63.6 Å².